The Kier molecular flexibility index (Phi) is 4.04. The molecule has 0 aliphatic carbocycles. The maximum Gasteiger partial charge on any atom is 0.406 e. The van der Waals surface area contributed by atoms with Crippen molar-refractivity contribution < 1.29 is 22.4 Å². The van der Waals surface area contributed by atoms with Crippen molar-refractivity contribution in [1.29, 1.82) is 0 Å². The molecule has 1 amide bonds. The average Bonchev–Trinajstić information content (AvgIpc) is 3.01. The molecule has 0 fully saturated rings. The van der Waals surface area contributed by atoms with Gasteiger partial charge >= 0.3 is 6.18 Å². The third-order valence-corrected chi connectivity index (χ3v) is 4.11. The molecule has 0 radical (unpaired) electrons. The molecule has 2 aromatic heterocycles. The molecule has 0 aliphatic rings. The molecule has 3 rings (SSSR count). The van der Waals surface area contributed by atoms with E-state index in [1.807, 2.05) is 6.92 Å². The number of carbonyl (C=O) groups excluding carboxylic acids is 1. The van der Waals surface area contributed by atoms with E-state index in [4.69, 9.17) is 0 Å². The van der Waals surface area contributed by atoms with Crippen molar-refractivity contribution in [3.8, 4) is 0 Å². The lowest BCUT2D eigenvalue weighted by molar-refractivity contribution is -0.139. The Morgan fingerprint density at radius 1 is 1.38 bits per heavy atom. The van der Waals surface area contributed by atoms with E-state index in [2.05, 4.69) is 10.3 Å². The van der Waals surface area contributed by atoms with Crippen molar-refractivity contribution in [2.75, 3.05) is 5.32 Å². The number of hydrogen-bond donors (Lipinski definition) is 1. The number of nitrogens with one attached hydrogen (secondary N) is 1. The van der Waals surface area contributed by atoms with Crippen molar-refractivity contribution in [2.45, 2.75) is 19.6 Å². The highest BCUT2D eigenvalue weighted by Crippen LogP contribution is 2.27. The lowest BCUT2D eigenvalue weighted by Crippen LogP contribution is -2.17. The first-order valence-corrected chi connectivity index (χ1v) is 7.63. The van der Waals surface area contributed by atoms with E-state index in [1.165, 1.54) is 17.4 Å². The van der Waals surface area contributed by atoms with Gasteiger partial charge in [0.15, 0.2) is 5.13 Å². The van der Waals surface area contributed by atoms with Crippen LogP contribution in [0.5, 0.6) is 0 Å². The zero-order chi connectivity index (χ0) is 17.5. The van der Waals surface area contributed by atoms with Gasteiger partial charge in [-0.2, -0.15) is 13.2 Å². The molecule has 4 nitrogen and oxygen atoms in total. The number of amides is 1. The van der Waals surface area contributed by atoms with Crippen LogP contribution in [-0.2, 0) is 6.54 Å². The summed E-state index contributed by atoms with van der Waals surface area (Å²) >= 11 is 1.25. The number of thiazole rings is 1. The van der Waals surface area contributed by atoms with Gasteiger partial charge in [-0.1, -0.05) is 0 Å². The van der Waals surface area contributed by atoms with E-state index in [-0.39, 0.29) is 16.5 Å². The number of carbonyl (C=O) groups is 1. The maximum absolute atomic E-state index is 13.4. The summed E-state index contributed by atoms with van der Waals surface area (Å²) in [6.45, 7) is 0.502. The zero-order valence-electron chi connectivity index (χ0n) is 12.3. The average molecular weight is 357 g/mol. The number of benzene rings is 1. The number of anilines is 1. The predicted octanol–water partition coefficient (Wildman–Crippen LogP) is 4.36. The number of aromatic nitrogens is 2. The lowest BCUT2D eigenvalue weighted by atomic mass is 10.1. The predicted molar refractivity (Wildman–Crippen MR) is 82.8 cm³/mol. The molecule has 0 bridgehead atoms. The number of nitrogens with zero attached hydrogens (tertiary/aromatic N) is 2. The quantitative estimate of drug-likeness (QED) is 0.708. The van der Waals surface area contributed by atoms with Gasteiger partial charge in [0, 0.05) is 22.7 Å². The molecule has 0 aliphatic heterocycles. The highest BCUT2D eigenvalue weighted by atomic mass is 32.1. The summed E-state index contributed by atoms with van der Waals surface area (Å²) in [6.07, 6.45) is -1.84. The van der Waals surface area contributed by atoms with Gasteiger partial charge in [-0.3, -0.25) is 10.1 Å². The molecule has 126 valence electrons. The number of alkyl halides is 3. The van der Waals surface area contributed by atoms with E-state index in [0.717, 1.165) is 27.8 Å². The van der Waals surface area contributed by atoms with Crippen LogP contribution in [0.25, 0.3) is 10.9 Å². The Bertz CT molecular complexity index is 913. The lowest BCUT2D eigenvalue weighted by Gasteiger charge is -2.08. The summed E-state index contributed by atoms with van der Waals surface area (Å²) in [5.74, 6) is -1.27. The van der Waals surface area contributed by atoms with Crippen LogP contribution < -0.4 is 5.32 Å². The van der Waals surface area contributed by atoms with Crippen LogP contribution in [-0.4, -0.2) is 21.6 Å². The number of fused-ring (bicyclic) bond motifs is 1. The fourth-order valence-electron chi connectivity index (χ4n) is 2.35. The minimum Gasteiger partial charge on any atom is -0.337 e. The summed E-state index contributed by atoms with van der Waals surface area (Å²) in [5.41, 5.74) is 0.0369. The van der Waals surface area contributed by atoms with Crippen LogP contribution in [0.1, 0.15) is 15.2 Å². The monoisotopic (exact) mass is 357 g/mol. The van der Waals surface area contributed by atoms with Crippen LogP contribution in [0.2, 0.25) is 0 Å². The molecule has 2 heterocycles. The summed E-state index contributed by atoms with van der Waals surface area (Å²) in [7, 11) is 0. The highest BCUT2D eigenvalue weighted by Gasteiger charge is 2.29. The molecule has 0 saturated carbocycles. The number of rotatable bonds is 3. The molecule has 24 heavy (non-hydrogen) atoms. The molecule has 0 unspecified atom stereocenters. The molecule has 3 aromatic rings. The van der Waals surface area contributed by atoms with Crippen molar-refractivity contribution >= 4 is 33.3 Å². The summed E-state index contributed by atoms with van der Waals surface area (Å²) in [6, 6.07) is 3.37. The van der Waals surface area contributed by atoms with Gasteiger partial charge in [0.05, 0.1) is 11.1 Å². The van der Waals surface area contributed by atoms with E-state index in [9.17, 15) is 22.4 Å². The smallest absolute Gasteiger partial charge is 0.337 e. The Balaban J connectivity index is 2.02. The van der Waals surface area contributed by atoms with Crippen molar-refractivity contribution in [3.05, 3.63) is 46.9 Å². The van der Waals surface area contributed by atoms with E-state index < -0.39 is 24.4 Å². The Morgan fingerprint density at radius 2 is 2.12 bits per heavy atom. The van der Waals surface area contributed by atoms with Gasteiger partial charge in [-0.15, -0.1) is 11.3 Å². The fourth-order valence-corrected chi connectivity index (χ4v) is 3.01. The molecule has 1 N–H and O–H groups in total. The summed E-state index contributed by atoms with van der Waals surface area (Å²) in [4.78, 5) is 17.2. The largest absolute Gasteiger partial charge is 0.406 e. The maximum atomic E-state index is 13.4. The Hall–Kier alpha value is -2.42. The zero-order valence-corrected chi connectivity index (χ0v) is 13.1. The third kappa shape index (κ3) is 3.40. The van der Waals surface area contributed by atoms with Gasteiger partial charge in [0.2, 0.25) is 0 Å². The first-order chi connectivity index (χ1) is 11.2. The van der Waals surface area contributed by atoms with E-state index >= 15 is 0 Å². The van der Waals surface area contributed by atoms with Crippen molar-refractivity contribution in [1.82, 2.24) is 9.55 Å². The number of aryl methyl sites for hydroxylation is 1. The molecule has 0 spiro atoms. The van der Waals surface area contributed by atoms with Crippen LogP contribution in [0.15, 0.2) is 30.6 Å². The second-order valence-corrected chi connectivity index (χ2v) is 6.41. The molecule has 0 saturated heterocycles. The number of hydrogen-bond acceptors (Lipinski definition) is 3. The van der Waals surface area contributed by atoms with E-state index in [1.54, 1.807) is 6.20 Å². The standard InChI is InChI=1S/C15H11F4N3OS/c1-8-5-20-14(24-8)21-13(23)11-6-22(7-15(17,18)19)12-4-9(16)2-3-10(11)12/h2-6H,7H2,1H3,(H,20,21,23). The Morgan fingerprint density at radius 3 is 2.75 bits per heavy atom. The van der Waals surface area contributed by atoms with Crippen LogP contribution in [0.3, 0.4) is 0 Å². The van der Waals surface area contributed by atoms with Gasteiger partial charge < -0.3 is 4.57 Å². The second-order valence-electron chi connectivity index (χ2n) is 5.18. The van der Waals surface area contributed by atoms with Crippen molar-refractivity contribution in [2.24, 2.45) is 0 Å². The normalized spacial score (nSPS) is 11.9. The van der Waals surface area contributed by atoms with Crippen molar-refractivity contribution in [3.63, 3.8) is 0 Å². The molecular weight excluding hydrogens is 346 g/mol. The molecule has 0 atom stereocenters. The van der Waals surface area contributed by atoms with Gasteiger partial charge in [0.1, 0.15) is 12.4 Å². The topological polar surface area (TPSA) is 46.9 Å². The summed E-state index contributed by atoms with van der Waals surface area (Å²) in [5, 5.41) is 3.13. The number of halogens is 4. The highest BCUT2D eigenvalue weighted by molar-refractivity contribution is 7.15. The third-order valence-electron chi connectivity index (χ3n) is 3.28. The van der Waals surface area contributed by atoms with Gasteiger partial charge in [-0.25, -0.2) is 9.37 Å². The minimum absolute atomic E-state index is 0.00722. The molecule has 9 heteroatoms. The molecule has 1 aromatic carbocycles. The first-order valence-electron chi connectivity index (χ1n) is 6.82. The van der Waals surface area contributed by atoms with Gasteiger partial charge in [-0.05, 0) is 25.1 Å². The first kappa shape index (κ1) is 16.4. The second kappa shape index (κ2) is 5.90. The van der Waals surface area contributed by atoms with E-state index in [0.29, 0.717) is 5.13 Å². The fraction of sp³-hybridized carbons (Fsp3) is 0.200. The Labute approximate surface area is 137 Å². The summed E-state index contributed by atoms with van der Waals surface area (Å²) < 4.78 is 52.3. The minimum atomic E-state index is -4.49. The van der Waals surface area contributed by atoms with Crippen LogP contribution >= 0.6 is 11.3 Å². The SMILES string of the molecule is Cc1cnc(NC(=O)c2cn(CC(F)(F)F)c3cc(F)ccc23)s1. The van der Waals surface area contributed by atoms with Gasteiger partial charge in [0.25, 0.3) is 5.91 Å². The molecular formula is C15H11F4N3OS. The van der Waals surface area contributed by atoms with Crippen LogP contribution in [0, 0.1) is 12.7 Å². The van der Waals surface area contributed by atoms with Crippen LogP contribution in [0.4, 0.5) is 22.7 Å².